The van der Waals surface area contributed by atoms with Crippen LogP contribution in [0.2, 0.25) is 0 Å². The number of para-hydroxylation sites is 1. The van der Waals surface area contributed by atoms with Crippen LogP contribution in [-0.4, -0.2) is 113 Å². The van der Waals surface area contributed by atoms with E-state index in [-0.39, 0.29) is 44.0 Å². The predicted molar refractivity (Wildman–Crippen MR) is 306 cm³/mol. The molecule has 0 unspecified atom stereocenters. The number of carbonyl (C=O) groups is 6. The number of aryl methyl sites for hydroxylation is 4. The first-order valence-corrected chi connectivity index (χ1v) is 24.4. The van der Waals surface area contributed by atoms with Gasteiger partial charge in [-0.25, -0.2) is 9.97 Å². The van der Waals surface area contributed by atoms with Crippen LogP contribution in [0, 0.1) is 27.7 Å². The van der Waals surface area contributed by atoms with Gasteiger partial charge in [0.25, 0.3) is 35.4 Å². The summed E-state index contributed by atoms with van der Waals surface area (Å²) in [5, 5.41) is 16.9. The standard InChI is InChI=1S/2C11H10N2O.C10H11F3N2O.C9H12N2O.C8H7F3N2O.C7H6F3N3O.2CH4/c1-12-11(14)9-6-7-13-10-5-3-2-4-8(9)10;1-12-11(14)10-9-5-3-2-4-8(9)6-7-13-10;1-5-4-7(10(11,12)13)8(6(2)15-5)9(16)14-3;1-6-4-5-11-7(2)8(6)9(12)10-3;1-12-7(14)5-4-13-3-2-6(5)8(9,10)11;1-11-6(14)4-2-12-3-13-5(4)7(8,9)10;;/h2*2-7H,1H3,(H,12,14);4H,1-3H3,(H,14,16);4-5H,1-3H3,(H,10,12);2-4H,1H3,(H,12,14);2-3H,1H3,(H,11,14);2*1H4. The molecule has 19 nitrogen and oxygen atoms in total. The van der Waals surface area contributed by atoms with Crippen LogP contribution in [0.15, 0.2) is 122 Å². The van der Waals surface area contributed by atoms with Crippen LogP contribution in [0.3, 0.4) is 0 Å². The van der Waals surface area contributed by atoms with Crippen LogP contribution in [0.4, 0.5) is 39.5 Å². The van der Waals surface area contributed by atoms with E-state index in [0.29, 0.717) is 16.8 Å². The number of alkyl halides is 9. The Hall–Kier alpha value is -10.0. The maximum atomic E-state index is 12.7. The largest absolute Gasteiger partial charge is 0.434 e. The van der Waals surface area contributed by atoms with E-state index in [1.165, 1.54) is 35.0 Å². The van der Waals surface area contributed by atoms with Gasteiger partial charge in [0.2, 0.25) is 0 Å². The number of nitrogens with zero attached hydrogens (tertiary/aromatic N) is 7. The quantitative estimate of drug-likeness (QED) is 0.0848. The number of amides is 6. The molecule has 8 aromatic rings. The van der Waals surface area contributed by atoms with E-state index in [9.17, 15) is 68.3 Å². The minimum absolute atomic E-state index is 0. The van der Waals surface area contributed by atoms with Crippen LogP contribution < -0.4 is 31.9 Å². The van der Waals surface area contributed by atoms with E-state index < -0.39 is 69.8 Å². The first-order valence-electron chi connectivity index (χ1n) is 24.4. The first-order chi connectivity index (χ1) is 39.5. The van der Waals surface area contributed by atoms with E-state index in [4.69, 9.17) is 0 Å². The smallest absolute Gasteiger partial charge is 0.355 e. The lowest BCUT2D eigenvalue weighted by Gasteiger charge is -2.14. The van der Waals surface area contributed by atoms with E-state index in [1.807, 2.05) is 74.5 Å². The highest BCUT2D eigenvalue weighted by Gasteiger charge is 2.38. The molecule has 6 N–H and O–H groups in total. The third kappa shape index (κ3) is 20.7. The molecular weight excluding hydrogens is 1150 g/mol. The molecule has 8 rings (SSSR count). The molecule has 0 fully saturated rings. The lowest BCUT2D eigenvalue weighted by atomic mass is 10.0. The Morgan fingerprint density at radius 3 is 1.49 bits per heavy atom. The van der Waals surface area contributed by atoms with Crippen molar-refractivity contribution in [1.29, 1.82) is 0 Å². The summed E-state index contributed by atoms with van der Waals surface area (Å²) in [6.07, 6.45) is -5.28. The van der Waals surface area contributed by atoms with Gasteiger partial charge in [-0.3, -0.25) is 53.7 Å². The second-order valence-electron chi connectivity index (χ2n) is 16.8. The summed E-state index contributed by atoms with van der Waals surface area (Å²) < 4.78 is 112. The number of pyridine rings is 5. The van der Waals surface area contributed by atoms with Crippen molar-refractivity contribution in [1.82, 2.24) is 66.8 Å². The molecule has 0 aliphatic carbocycles. The number of hydrogen-bond donors (Lipinski definition) is 6. The van der Waals surface area contributed by atoms with Crippen molar-refractivity contribution in [3.8, 4) is 0 Å². The molecule has 460 valence electrons. The molecule has 0 aliphatic heterocycles. The number of carbonyl (C=O) groups excluding carboxylic acids is 6. The third-order valence-corrected chi connectivity index (χ3v) is 11.2. The molecule has 0 atom stereocenters. The molecule has 86 heavy (non-hydrogen) atoms. The first kappa shape index (κ1) is 74.0. The molecule has 2 aromatic carbocycles. The van der Waals surface area contributed by atoms with Gasteiger partial charge in [0, 0.05) is 95.9 Å². The molecule has 0 radical (unpaired) electrons. The van der Waals surface area contributed by atoms with Gasteiger partial charge in [-0.1, -0.05) is 57.3 Å². The lowest BCUT2D eigenvalue weighted by molar-refractivity contribution is -0.141. The van der Waals surface area contributed by atoms with Crippen molar-refractivity contribution < 1.29 is 68.3 Å². The Balaban J connectivity index is 0.000000514. The van der Waals surface area contributed by atoms with Crippen molar-refractivity contribution in [2.45, 2.75) is 61.1 Å². The summed E-state index contributed by atoms with van der Waals surface area (Å²) in [5.41, 5.74) is 0.0822. The summed E-state index contributed by atoms with van der Waals surface area (Å²) in [6.45, 7) is 6.57. The van der Waals surface area contributed by atoms with Crippen molar-refractivity contribution in [3.05, 3.63) is 195 Å². The highest BCUT2D eigenvalue weighted by atomic mass is 19.4. The van der Waals surface area contributed by atoms with Gasteiger partial charge in [0.15, 0.2) is 5.69 Å². The van der Waals surface area contributed by atoms with E-state index >= 15 is 0 Å². The molecule has 6 heterocycles. The van der Waals surface area contributed by atoms with Crippen LogP contribution in [0.25, 0.3) is 21.7 Å². The number of aromatic nitrogens is 7. The minimum Gasteiger partial charge on any atom is -0.355 e. The number of nitrogens with one attached hydrogen (secondary N) is 6. The maximum Gasteiger partial charge on any atom is 0.434 e. The highest BCUT2D eigenvalue weighted by molar-refractivity contribution is 6.06. The third-order valence-electron chi connectivity index (χ3n) is 11.2. The van der Waals surface area contributed by atoms with Crippen LogP contribution >= 0.6 is 0 Å². The van der Waals surface area contributed by atoms with Gasteiger partial charge >= 0.3 is 18.5 Å². The SMILES string of the molecule is C.C.CNC(=O)c1c(C(F)(F)F)cc(C)nc1C.CNC(=O)c1c(C)ccnc1C.CNC(=O)c1ccnc2ccccc12.CNC(=O)c1cnccc1C(F)(F)F.CNC(=O)c1cncnc1C(F)(F)F.CNC(=O)c1nccc2ccccc12. The van der Waals surface area contributed by atoms with Gasteiger partial charge in [0.05, 0.1) is 55.8 Å². The molecule has 28 heteroatoms. The Morgan fingerprint density at radius 1 is 0.430 bits per heavy atom. The van der Waals surface area contributed by atoms with Gasteiger partial charge < -0.3 is 31.9 Å². The average molecular weight is 1210 g/mol. The van der Waals surface area contributed by atoms with Gasteiger partial charge in [0.1, 0.15) is 12.0 Å². The summed E-state index contributed by atoms with van der Waals surface area (Å²) >= 11 is 0. The molecule has 0 saturated heterocycles. The number of benzene rings is 2. The van der Waals surface area contributed by atoms with Gasteiger partial charge in [-0.2, -0.15) is 39.5 Å². The Morgan fingerprint density at radius 2 is 0.930 bits per heavy atom. The second-order valence-corrected chi connectivity index (χ2v) is 16.8. The normalized spacial score (nSPS) is 10.4. The average Bonchev–Trinajstić information content (AvgIpc) is 3.66. The second kappa shape index (κ2) is 33.9. The predicted octanol–water partition coefficient (Wildman–Crippen LogP) is 9.91. The number of halogens is 9. The van der Waals surface area contributed by atoms with Crippen molar-refractivity contribution in [2.75, 3.05) is 42.3 Å². The van der Waals surface area contributed by atoms with E-state index in [2.05, 4.69) is 66.8 Å². The number of rotatable bonds is 6. The zero-order chi connectivity index (χ0) is 63.1. The summed E-state index contributed by atoms with van der Waals surface area (Å²) in [6, 6.07) is 22.4. The zero-order valence-electron chi connectivity index (χ0n) is 46.5. The molecule has 6 amide bonds. The van der Waals surface area contributed by atoms with Gasteiger partial charge in [-0.15, -0.1) is 0 Å². The highest BCUT2D eigenvalue weighted by Crippen LogP contribution is 2.34. The molecule has 0 bridgehead atoms. The van der Waals surface area contributed by atoms with Crippen molar-refractivity contribution in [3.63, 3.8) is 0 Å². The Kier molecular flexibility index (Phi) is 29.2. The van der Waals surface area contributed by atoms with Crippen molar-refractivity contribution >= 4 is 57.1 Å². The topological polar surface area (TPSA) is 265 Å². The van der Waals surface area contributed by atoms with Gasteiger partial charge in [-0.05, 0) is 75.0 Å². The van der Waals surface area contributed by atoms with E-state index in [1.54, 1.807) is 45.8 Å². The Labute approximate surface area is 489 Å². The summed E-state index contributed by atoms with van der Waals surface area (Å²) in [5.74, 6) is -2.75. The summed E-state index contributed by atoms with van der Waals surface area (Å²) in [7, 11) is 8.62. The molecular formula is C58H64F9N13O6. The van der Waals surface area contributed by atoms with Crippen LogP contribution in [-0.2, 0) is 18.5 Å². The zero-order valence-corrected chi connectivity index (χ0v) is 46.5. The number of hydrogen-bond acceptors (Lipinski definition) is 13. The lowest BCUT2D eigenvalue weighted by Crippen LogP contribution is -2.24. The number of fused-ring (bicyclic) bond motifs is 2. The fourth-order valence-corrected chi connectivity index (χ4v) is 7.29. The molecule has 6 aromatic heterocycles. The van der Waals surface area contributed by atoms with Crippen LogP contribution in [0.5, 0.6) is 0 Å². The van der Waals surface area contributed by atoms with Crippen LogP contribution in [0.1, 0.15) is 117 Å². The van der Waals surface area contributed by atoms with Crippen molar-refractivity contribution in [2.24, 2.45) is 0 Å². The molecule has 0 spiro atoms. The Bertz CT molecular complexity index is 3410. The summed E-state index contributed by atoms with van der Waals surface area (Å²) in [4.78, 5) is 93.6. The maximum absolute atomic E-state index is 12.7. The molecule has 0 aliphatic rings. The molecule has 0 saturated carbocycles. The fourth-order valence-electron chi connectivity index (χ4n) is 7.29. The fraction of sp³-hybridized carbons (Fsp3) is 0.259. The monoisotopic (exact) mass is 1210 g/mol. The van der Waals surface area contributed by atoms with E-state index in [0.717, 1.165) is 70.0 Å². The minimum atomic E-state index is -4.65.